The largest absolute Gasteiger partial charge is 0.465 e. The van der Waals surface area contributed by atoms with Gasteiger partial charge in [-0.1, -0.05) is 31.9 Å². The van der Waals surface area contributed by atoms with Gasteiger partial charge in [-0.2, -0.15) is 0 Å². The van der Waals surface area contributed by atoms with E-state index in [0.717, 1.165) is 19.4 Å². The average Bonchev–Trinajstić information content (AvgIpc) is 2.73. The lowest BCUT2D eigenvalue weighted by atomic mass is 10.2. The van der Waals surface area contributed by atoms with Crippen molar-refractivity contribution >= 4 is 54.9 Å². The summed E-state index contributed by atoms with van der Waals surface area (Å²) in [7, 11) is 1.34. The monoisotopic (exact) mass is 389 g/mol. The molecule has 18 heavy (non-hydrogen) atoms. The van der Waals surface area contributed by atoms with Gasteiger partial charge in [0.1, 0.15) is 4.88 Å². The maximum absolute atomic E-state index is 11.5. The first kappa shape index (κ1) is 13.6. The van der Waals surface area contributed by atoms with Crippen molar-refractivity contribution in [2.24, 2.45) is 0 Å². The lowest BCUT2D eigenvalue weighted by molar-refractivity contribution is 0.0607. The molecule has 0 radical (unpaired) electrons. The average molecular weight is 391 g/mol. The minimum atomic E-state index is -0.408. The summed E-state index contributed by atoms with van der Waals surface area (Å²) >= 11 is 8.22. The number of halogens is 2. The maximum Gasteiger partial charge on any atom is 0.350 e. The van der Waals surface area contributed by atoms with E-state index in [-0.39, 0.29) is 0 Å². The minimum Gasteiger partial charge on any atom is -0.465 e. The molecular formula is C12H9Br2NO2S. The van der Waals surface area contributed by atoms with Crippen LogP contribution in [-0.2, 0) is 4.74 Å². The highest BCUT2D eigenvalue weighted by Gasteiger charge is 2.16. The van der Waals surface area contributed by atoms with Crippen LogP contribution in [-0.4, -0.2) is 13.1 Å². The van der Waals surface area contributed by atoms with Crippen LogP contribution >= 0.6 is 43.2 Å². The number of anilines is 1. The number of rotatable bonds is 2. The van der Waals surface area contributed by atoms with Gasteiger partial charge in [0.05, 0.1) is 12.8 Å². The smallest absolute Gasteiger partial charge is 0.350 e. The Balaban J connectivity index is 2.52. The van der Waals surface area contributed by atoms with Crippen LogP contribution in [0.2, 0.25) is 0 Å². The highest BCUT2D eigenvalue weighted by atomic mass is 79.9. The predicted octanol–water partition coefficient (Wildman–Crippen LogP) is 4.31. The highest BCUT2D eigenvalue weighted by Crippen LogP contribution is 2.38. The number of nitrogens with two attached hydrogens (primary N) is 1. The molecule has 0 amide bonds. The van der Waals surface area contributed by atoms with Crippen molar-refractivity contribution in [1.82, 2.24) is 0 Å². The Hall–Kier alpha value is -0.850. The van der Waals surface area contributed by atoms with E-state index >= 15 is 0 Å². The number of benzene rings is 1. The third-order valence-corrected chi connectivity index (χ3v) is 4.67. The zero-order valence-corrected chi connectivity index (χ0v) is 13.4. The number of carbonyl (C=O) groups excluding carboxylic acids is 1. The van der Waals surface area contributed by atoms with Gasteiger partial charge >= 0.3 is 5.97 Å². The number of hydrogen-bond acceptors (Lipinski definition) is 4. The van der Waals surface area contributed by atoms with Crippen LogP contribution in [0.5, 0.6) is 0 Å². The molecule has 2 aromatic rings. The lowest BCUT2D eigenvalue weighted by Gasteiger charge is -2.01. The van der Waals surface area contributed by atoms with Crippen molar-refractivity contribution in [3.8, 4) is 10.4 Å². The van der Waals surface area contributed by atoms with Crippen LogP contribution < -0.4 is 5.73 Å². The number of ether oxygens (including phenoxy) is 1. The van der Waals surface area contributed by atoms with Crippen LogP contribution in [0.3, 0.4) is 0 Å². The molecule has 0 unspecified atom stereocenters. The van der Waals surface area contributed by atoms with Crippen molar-refractivity contribution in [3.63, 3.8) is 0 Å². The Morgan fingerprint density at radius 2 is 2.06 bits per heavy atom. The van der Waals surface area contributed by atoms with Crippen molar-refractivity contribution in [2.45, 2.75) is 0 Å². The Bertz CT molecular complexity index is 610. The first-order chi connectivity index (χ1) is 8.52. The fraction of sp³-hybridized carbons (Fsp3) is 0.0833. The van der Waals surface area contributed by atoms with Crippen LogP contribution in [0, 0.1) is 0 Å². The molecule has 0 saturated carbocycles. The fourth-order valence-electron chi connectivity index (χ4n) is 1.48. The number of esters is 1. The Morgan fingerprint density at radius 3 is 2.72 bits per heavy atom. The molecule has 1 aromatic carbocycles. The topological polar surface area (TPSA) is 52.3 Å². The normalized spacial score (nSPS) is 10.4. The van der Waals surface area contributed by atoms with E-state index in [0.29, 0.717) is 10.6 Å². The second-order valence-electron chi connectivity index (χ2n) is 3.51. The van der Waals surface area contributed by atoms with Gasteiger partial charge in [-0.25, -0.2) is 4.79 Å². The molecule has 6 heteroatoms. The van der Waals surface area contributed by atoms with E-state index < -0.39 is 5.97 Å². The van der Waals surface area contributed by atoms with Gasteiger partial charge in [-0.3, -0.25) is 0 Å². The van der Waals surface area contributed by atoms with Crippen molar-refractivity contribution in [2.75, 3.05) is 12.8 Å². The maximum atomic E-state index is 11.5. The molecule has 0 saturated heterocycles. The van der Waals surface area contributed by atoms with E-state index in [1.807, 2.05) is 18.2 Å². The van der Waals surface area contributed by atoms with E-state index in [1.165, 1.54) is 18.4 Å². The van der Waals surface area contributed by atoms with Gasteiger partial charge in [0.15, 0.2) is 0 Å². The number of carbonyl (C=O) groups is 1. The molecule has 1 aromatic heterocycles. The first-order valence-electron chi connectivity index (χ1n) is 4.96. The first-order valence-corrected chi connectivity index (χ1v) is 7.36. The molecule has 0 aliphatic carbocycles. The molecular weight excluding hydrogens is 382 g/mol. The third kappa shape index (κ3) is 2.60. The predicted molar refractivity (Wildman–Crippen MR) is 80.9 cm³/mol. The third-order valence-electron chi connectivity index (χ3n) is 2.33. The van der Waals surface area contributed by atoms with Gasteiger partial charge in [0, 0.05) is 19.4 Å². The van der Waals surface area contributed by atoms with Gasteiger partial charge in [-0.05, 0) is 24.3 Å². The summed E-state index contributed by atoms with van der Waals surface area (Å²) in [5.41, 5.74) is 7.25. The SMILES string of the molecule is COC(=O)c1sc(-c2cc(Br)ccc2Br)cc1N. The number of thiophene rings is 1. The summed E-state index contributed by atoms with van der Waals surface area (Å²) in [6.45, 7) is 0. The summed E-state index contributed by atoms with van der Waals surface area (Å²) in [5, 5.41) is 0. The summed E-state index contributed by atoms with van der Waals surface area (Å²) in [4.78, 5) is 12.9. The minimum absolute atomic E-state index is 0.408. The Kier molecular flexibility index (Phi) is 4.09. The van der Waals surface area contributed by atoms with Gasteiger partial charge in [-0.15, -0.1) is 11.3 Å². The van der Waals surface area contributed by atoms with Crippen LogP contribution in [0.25, 0.3) is 10.4 Å². The quantitative estimate of drug-likeness (QED) is 0.777. The van der Waals surface area contributed by atoms with Crippen molar-refractivity contribution in [1.29, 1.82) is 0 Å². The van der Waals surface area contributed by atoms with Gasteiger partial charge in [0.25, 0.3) is 0 Å². The number of hydrogen-bond donors (Lipinski definition) is 1. The zero-order chi connectivity index (χ0) is 13.3. The van der Waals surface area contributed by atoms with Crippen molar-refractivity contribution in [3.05, 3.63) is 38.1 Å². The van der Waals surface area contributed by atoms with Crippen molar-refractivity contribution < 1.29 is 9.53 Å². The van der Waals surface area contributed by atoms with E-state index in [4.69, 9.17) is 10.5 Å². The van der Waals surface area contributed by atoms with Gasteiger partial charge < -0.3 is 10.5 Å². The molecule has 94 valence electrons. The molecule has 1 heterocycles. The molecule has 0 aliphatic heterocycles. The van der Waals surface area contributed by atoms with E-state index in [1.54, 1.807) is 6.07 Å². The molecule has 2 N–H and O–H groups in total. The Labute approximate surface area is 125 Å². The molecule has 0 spiro atoms. The number of methoxy groups -OCH3 is 1. The van der Waals surface area contributed by atoms with Crippen LogP contribution in [0.1, 0.15) is 9.67 Å². The van der Waals surface area contributed by atoms with E-state index in [2.05, 4.69) is 31.9 Å². The van der Waals surface area contributed by atoms with Crippen LogP contribution in [0.15, 0.2) is 33.2 Å². The molecule has 0 bridgehead atoms. The Morgan fingerprint density at radius 1 is 1.33 bits per heavy atom. The van der Waals surface area contributed by atoms with Gasteiger partial charge in [0.2, 0.25) is 0 Å². The summed E-state index contributed by atoms with van der Waals surface area (Å²) < 4.78 is 6.60. The van der Waals surface area contributed by atoms with Crippen LogP contribution in [0.4, 0.5) is 5.69 Å². The fourth-order valence-corrected chi connectivity index (χ4v) is 3.46. The molecule has 0 atom stereocenters. The number of nitrogen functional groups attached to an aromatic ring is 1. The zero-order valence-electron chi connectivity index (χ0n) is 9.37. The highest BCUT2D eigenvalue weighted by molar-refractivity contribution is 9.11. The molecule has 2 rings (SSSR count). The molecule has 3 nitrogen and oxygen atoms in total. The second kappa shape index (κ2) is 5.42. The lowest BCUT2D eigenvalue weighted by Crippen LogP contribution is -2.00. The summed E-state index contributed by atoms with van der Waals surface area (Å²) in [5.74, 6) is -0.408. The van der Waals surface area contributed by atoms with E-state index in [9.17, 15) is 4.79 Å². The molecule has 0 aliphatic rings. The summed E-state index contributed by atoms with van der Waals surface area (Å²) in [6, 6.07) is 7.62. The molecule has 0 fully saturated rings. The second-order valence-corrected chi connectivity index (χ2v) is 6.33. The standard InChI is InChI=1S/C12H9Br2NO2S/c1-17-12(16)11-9(15)5-10(18-11)7-4-6(13)2-3-8(7)14/h2-5H,15H2,1H3. The summed E-state index contributed by atoms with van der Waals surface area (Å²) in [6.07, 6.45) is 0.